The SMILES string of the molecule is CN(CCO)C(C#N)c1ccc(F)cc1. The zero-order chi connectivity index (χ0) is 11.3. The number of rotatable bonds is 4. The van der Waals surface area contributed by atoms with Crippen LogP contribution >= 0.6 is 0 Å². The number of nitrogens with zero attached hydrogens (tertiary/aromatic N) is 2. The maximum Gasteiger partial charge on any atom is 0.123 e. The highest BCUT2D eigenvalue weighted by Crippen LogP contribution is 2.18. The Labute approximate surface area is 88.4 Å². The highest BCUT2D eigenvalue weighted by atomic mass is 19.1. The van der Waals surface area contributed by atoms with Crippen molar-refractivity contribution < 1.29 is 9.50 Å². The largest absolute Gasteiger partial charge is 0.395 e. The third-order valence-corrected chi connectivity index (χ3v) is 2.20. The fourth-order valence-corrected chi connectivity index (χ4v) is 1.36. The molecule has 0 heterocycles. The number of aliphatic hydroxyl groups excluding tert-OH is 1. The molecule has 1 atom stereocenters. The van der Waals surface area contributed by atoms with Crippen molar-refractivity contribution in [1.29, 1.82) is 5.26 Å². The van der Waals surface area contributed by atoms with E-state index in [1.54, 1.807) is 24.1 Å². The molecule has 1 rings (SSSR count). The van der Waals surface area contributed by atoms with Crippen molar-refractivity contribution in [2.24, 2.45) is 0 Å². The van der Waals surface area contributed by atoms with Gasteiger partial charge in [0.2, 0.25) is 0 Å². The highest BCUT2D eigenvalue weighted by Gasteiger charge is 2.15. The predicted octanol–water partition coefficient (Wildman–Crippen LogP) is 1.31. The number of halogens is 1. The molecule has 15 heavy (non-hydrogen) atoms. The van der Waals surface area contributed by atoms with Gasteiger partial charge in [0.05, 0.1) is 12.7 Å². The van der Waals surface area contributed by atoms with E-state index in [2.05, 4.69) is 6.07 Å². The van der Waals surface area contributed by atoms with E-state index in [0.29, 0.717) is 6.54 Å². The second-order valence-corrected chi connectivity index (χ2v) is 3.29. The van der Waals surface area contributed by atoms with Gasteiger partial charge in [0.1, 0.15) is 11.9 Å². The molecule has 0 fully saturated rings. The van der Waals surface area contributed by atoms with Gasteiger partial charge in [-0.25, -0.2) is 4.39 Å². The summed E-state index contributed by atoms with van der Waals surface area (Å²) < 4.78 is 12.7. The lowest BCUT2D eigenvalue weighted by Gasteiger charge is -2.21. The molecule has 0 aromatic heterocycles. The molecule has 1 N–H and O–H groups in total. The van der Waals surface area contributed by atoms with E-state index in [9.17, 15) is 4.39 Å². The molecule has 0 radical (unpaired) electrons. The number of benzene rings is 1. The van der Waals surface area contributed by atoms with Crippen LogP contribution in [0.3, 0.4) is 0 Å². The Balaban J connectivity index is 2.84. The van der Waals surface area contributed by atoms with Crippen molar-refractivity contribution in [1.82, 2.24) is 4.90 Å². The number of hydrogen-bond acceptors (Lipinski definition) is 3. The summed E-state index contributed by atoms with van der Waals surface area (Å²) in [6.07, 6.45) is 0. The smallest absolute Gasteiger partial charge is 0.123 e. The minimum absolute atomic E-state index is 0.00409. The Morgan fingerprint density at radius 2 is 2.07 bits per heavy atom. The van der Waals surface area contributed by atoms with Crippen LogP contribution in [0.5, 0.6) is 0 Å². The van der Waals surface area contributed by atoms with Crippen molar-refractivity contribution in [3.8, 4) is 6.07 Å². The average Bonchev–Trinajstić information content (AvgIpc) is 2.22. The topological polar surface area (TPSA) is 47.3 Å². The standard InChI is InChI=1S/C11H13FN2O/c1-14(6-7-15)11(8-13)9-2-4-10(12)5-3-9/h2-5,11,15H,6-7H2,1H3. The summed E-state index contributed by atoms with van der Waals surface area (Å²) in [5, 5.41) is 17.7. The normalized spacial score (nSPS) is 12.5. The summed E-state index contributed by atoms with van der Waals surface area (Å²) in [7, 11) is 1.74. The van der Waals surface area contributed by atoms with Gasteiger partial charge in [-0.3, -0.25) is 4.90 Å². The number of aliphatic hydroxyl groups is 1. The number of hydrogen-bond donors (Lipinski definition) is 1. The minimum Gasteiger partial charge on any atom is -0.395 e. The molecule has 0 aliphatic heterocycles. The van der Waals surface area contributed by atoms with Gasteiger partial charge in [0.25, 0.3) is 0 Å². The first-order chi connectivity index (χ1) is 7.19. The van der Waals surface area contributed by atoms with Crippen LogP contribution in [0.25, 0.3) is 0 Å². The summed E-state index contributed by atoms with van der Waals surface area (Å²) in [5.74, 6) is -0.319. The number of likely N-dealkylation sites (N-methyl/N-ethyl adjacent to an activating group) is 1. The molecule has 1 aromatic carbocycles. The van der Waals surface area contributed by atoms with Crippen molar-refractivity contribution in [3.63, 3.8) is 0 Å². The molecule has 0 spiro atoms. The number of nitriles is 1. The quantitative estimate of drug-likeness (QED) is 0.811. The molecule has 4 heteroatoms. The molecule has 3 nitrogen and oxygen atoms in total. The van der Waals surface area contributed by atoms with Crippen molar-refractivity contribution >= 4 is 0 Å². The Kier molecular flexibility index (Phi) is 4.22. The Hall–Kier alpha value is -1.44. The van der Waals surface area contributed by atoms with E-state index in [1.165, 1.54) is 12.1 Å². The predicted molar refractivity (Wildman–Crippen MR) is 54.5 cm³/mol. The first-order valence-corrected chi connectivity index (χ1v) is 4.65. The summed E-state index contributed by atoms with van der Waals surface area (Å²) >= 11 is 0. The first kappa shape index (κ1) is 11.6. The van der Waals surface area contributed by atoms with Crippen LogP contribution in [-0.2, 0) is 0 Å². The van der Waals surface area contributed by atoms with Gasteiger partial charge in [0.15, 0.2) is 0 Å². The zero-order valence-corrected chi connectivity index (χ0v) is 8.52. The van der Waals surface area contributed by atoms with E-state index in [4.69, 9.17) is 10.4 Å². The van der Waals surface area contributed by atoms with E-state index in [0.717, 1.165) is 5.56 Å². The van der Waals surface area contributed by atoms with E-state index in [1.807, 2.05) is 0 Å². The Bertz CT molecular complexity index is 345. The molecule has 0 saturated heterocycles. The van der Waals surface area contributed by atoms with Gasteiger partial charge in [-0.1, -0.05) is 12.1 Å². The molecule has 0 aliphatic rings. The summed E-state index contributed by atoms with van der Waals surface area (Å²) in [6, 6.07) is 7.48. The van der Waals surface area contributed by atoms with Gasteiger partial charge in [-0.2, -0.15) is 5.26 Å². The molecular formula is C11H13FN2O. The van der Waals surface area contributed by atoms with Crippen molar-refractivity contribution in [2.75, 3.05) is 20.2 Å². The lowest BCUT2D eigenvalue weighted by Crippen LogP contribution is -2.26. The summed E-state index contributed by atoms with van der Waals surface area (Å²) in [5.41, 5.74) is 0.731. The second-order valence-electron chi connectivity index (χ2n) is 3.29. The molecule has 0 amide bonds. The van der Waals surface area contributed by atoms with E-state index < -0.39 is 6.04 Å². The Morgan fingerprint density at radius 1 is 1.47 bits per heavy atom. The molecule has 1 unspecified atom stereocenters. The third-order valence-electron chi connectivity index (χ3n) is 2.20. The van der Waals surface area contributed by atoms with Crippen LogP contribution in [0.15, 0.2) is 24.3 Å². The van der Waals surface area contributed by atoms with Gasteiger partial charge >= 0.3 is 0 Å². The van der Waals surface area contributed by atoms with Crippen molar-refractivity contribution in [2.45, 2.75) is 6.04 Å². The lowest BCUT2D eigenvalue weighted by atomic mass is 10.1. The van der Waals surface area contributed by atoms with Gasteiger partial charge in [-0.15, -0.1) is 0 Å². The Morgan fingerprint density at radius 3 is 2.53 bits per heavy atom. The zero-order valence-electron chi connectivity index (χ0n) is 8.52. The second kappa shape index (κ2) is 5.44. The van der Waals surface area contributed by atoms with E-state index in [-0.39, 0.29) is 12.4 Å². The van der Waals surface area contributed by atoms with E-state index >= 15 is 0 Å². The van der Waals surface area contributed by atoms with Gasteiger partial charge < -0.3 is 5.11 Å². The first-order valence-electron chi connectivity index (χ1n) is 4.65. The summed E-state index contributed by atoms with van der Waals surface area (Å²) in [4.78, 5) is 1.72. The van der Waals surface area contributed by atoms with Crippen LogP contribution < -0.4 is 0 Å². The van der Waals surface area contributed by atoms with Gasteiger partial charge in [0, 0.05) is 6.54 Å². The molecule has 1 aromatic rings. The molecule has 0 aliphatic carbocycles. The molecule has 80 valence electrons. The molecule has 0 saturated carbocycles. The maximum atomic E-state index is 12.7. The van der Waals surface area contributed by atoms with Crippen LogP contribution in [0, 0.1) is 17.1 Å². The average molecular weight is 208 g/mol. The molecular weight excluding hydrogens is 195 g/mol. The third kappa shape index (κ3) is 3.01. The minimum atomic E-state index is -0.447. The van der Waals surface area contributed by atoms with Crippen molar-refractivity contribution in [3.05, 3.63) is 35.6 Å². The highest BCUT2D eigenvalue weighted by molar-refractivity contribution is 5.24. The lowest BCUT2D eigenvalue weighted by molar-refractivity contribution is 0.203. The van der Waals surface area contributed by atoms with Crippen LogP contribution in [0.1, 0.15) is 11.6 Å². The summed E-state index contributed by atoms with van der Waals surface area (Å²) in [6.45, 7) is 0.408. The van der Waals surface area contributed by atoms with Crippen LogP contribution in [0.4, 0.5) is 4.39 Å². The van der Waals surface area contributed by atoms with Gasteiger partial charge in [-0.05, 0) is 24.7 Å². The monoisotopic (exact) mass is 208 g/mol. The maximum absolute atomic E-state index is 12.7. The fourth-order valence-electron chi connectivity index (χ4n) is 1.36. The molecule has 0 bridgehead atoms. The fraction of sp³-hybridized carbons (Fsp3) is 0.364. The van der Waals surface area contributed by atoms with Crippen LogP contribution in [-0.4, -0.2) is 30.2 Å². The van der Waals surface area contributed by atoms with Crippen LogP contribution in [0.2, 0.25) is 0 Å².